The normalized spacial score (nSPS) is 38.3. The molecule has 17 heavy (non-hydrogen) atoms. The van der Waals surface area contributed by atoms with Crippen LogP contribution in [0, 0.1) is 6.92 Å². The first-order chi connectivity index (χ1) is 8.04. The van der Waals surface area contributed by atoms with E-state index >= 15 is 0 Å². The third-order valence-corrected chi connectivity index (χ3v) is 2.68. The zero-order valence-electron chi connectivity index (χ0n) is 9.09. The largest absolute Gasteiger partial charge is 0.423 e. The monoisotopic (exact) mass is 246 g/mol. The van der Waals surface area contributed by atoms with Crippen molar-refractivity contribution in [3.05, 3.63) is 11.8 Å². The second-order valence-electron chi connectivity index (χ2n) is 3.91. The van der Waals surface area contributed by atoms with Gasteiger partial charge in [-0.3, -0.25) is 0 Å². The van der Waals surface area contributed by atoms with E-state index in [-0.39, 0.29) is 11.8 Å². The summed E-state index contributed by atoms with van der Waals surface area (Å²) in [5.74, 6) is 0.288. The lowest BCUT2D eigenvalue weighted by molar-refractivity contribution is -0.236. The highest BCUT2D eigenvalue weighted by Gasteiger charge is 2.46. The quantitative estimate of drug-likeness (QED) is 0.466. The van der Waals surface area contributed by atoms with Crippen LogP contribution >= 0.6 is 0 Å². The van der Waals surface area contributed by atoms with Gasteiger partial charge in [-0.1, -0.05) is 0 Å². The number of hydrogen-bond acceptors (Lipinski definition) is 8. The molecule has 0 amide bonds. The number of hydrogen-bond donors (Lipinski definition) is 4. The molecule has 2 rings (SSSR count). The Labute approximate surface area is 96.5 Å². The van der Waals surface area contributed by atoms with Gasteiger partial charge in [-0.15, -0.1) is 10.2 Å². The fourth-order valence-corrected chi connectivity index (χ4v) is 1.73. The first-order valence-corrected chi connectivity index (χ1v) is 5.15. The Morgan fingerprint density at radius 2 is 1.82 bits per heavy atom. The number of aliphatic hydroxyl groups is 4. The molecule has 8 heteroatoms. The van der Waals surface area contributed by atoms with E-state index in [4.69, 9.17) is 14.3 Å². The molecule has 1 saturated heterocycles. The molecule has 2 heterocycles. The van der Waals surface area contributed by atoms with Crippen molar-refractivity contribution < 1.29 is 29.6 Å². The van der Waals surface area contributed by atoms with Crippen LogP contribution in [0.2, 0.25) is 0 Å². The van der Waals surface area contributed by atoms with E-state index in [0.29, 0.717) is 0 Å². The van der Waals surface area contributed by atoms with Gasteiger partial charge in [-0.25, -0.2) is 0 Å². The minimum absolute atomic E-state index is 0.000556. The maximum absolute atomic E-state index is 9.74. The van der Waals surface area contributed by atoms with Gasteiger partial charge in [-0.2, -0.15) is 0 Å². The van der Waals surface area contributed by atoms with Crippen LogP contribution in [0.1, 0.15) is 17.9 Å². The summed E-state index contributed by atoms with van der Waals surface area (Å²) in [5.41, 5.74) is 0. The van der Waals surface area contributed by atoms with Crippen molar-refractivity contribution in [2.24, 2.45) is 0 Å². The van der Waals surface area contributed by atoms with Crippen molar-refractivity contribution >= 4 is 0 Å². The molecule has 8 nitrogen and oxygen atoms in total. The lowest BCUT2D eigenvalue weighted by atomic mass is 9.95. The highest BCUT2D eigenvalue weighted by molar-refractivity contribution is 4.99. The minimum atomic E-state index is -1.45. The molecule has 96 valence electrons. The summed E-state index contributed by atoms with van der Waals surface area (Å²) in [6.45, 7) is 1.08. The summed E-state index contributed by atoms with van der Waals surface area (Å²) in [4.78, 5) is 0. The van der Waals surface area contributed by atoms with E-state index in [1.165, 1.54) is 0 Å². The summed E-state index contributed by atoms with van der Waals surface area (Å²) in [6, 6.07) is 0. The molecule has 4 N–H and O–H groups in total. The molecule has 0 bridgehead atoms. The lowest BCUT2D eigenvalue weighted by Crippen LogP contribution is -2.55. The van der Waals surface area contributed by atoms with Gasteiger partial charge in [0.1, 0.15) is 24.4 Å². The van der Waals surface area contributed by atoms with E-state index in [9.17, 15) is 15.3 Å². The zero-order chi connectivity index (χ0) is 12.6. The van der Waals surface area contributed by atoms with Crippen LogP contribution in [0.25, 0.3) is 0 Å². The van der Waals surface area contributed by atoms with Gasteiger partial charge >= 0.3 is 0 Å². The maximum atomic E-state index is 9.74. The van der Waals surface area contributed by atoms with Crippen LogP contribution in [0.3, 0.4) is 0 Å². The minimum Gasteiger partial charge on any atom is -0.423 e. The number of rotatable bonds is 2. The second-order valence-corrected chi connectivity index (χ2v) is 3.91. The molecule has 0 aliphatic carbocycles. The summed E-state index contributed by atoms with van der Waals surface area (Å²) in [7, 11) is 0. The van der Waals surface area contributed by atoms with E-state index in [1.54, 1.807) is 6.92 Å². The van der Waals surface area contributed by atoms with Crippen LogP contribution < -0.4 is 0 Å². The van der Waals surface area contributed by atoms with Gasteiger partial charge in [0.15, 0.2) is 6.10 Å². The Kier molecular flexibility index (Phi) is 3.40. The molecule has 1 fully saturated rings. The Morgan fingerprint density at radius 1 is 1.12 bits per heavy atom. The molecule has 0 aromatic carbocycles. The Balaban J connectivity index is 2.22. The molecular formula is C9H14N2O6. The van der Waals surface area contributed by atoms with Crippen LogP contribution in [0.5, 0.6) is 0 Å². The molecule has 1 aromatic heterocycles. The van der Waals surface area contributed by atoms with Crippen LogP contribution in [0.15, 0.2) is 4.42 Å². The number of nitrogens with zero attached hydrogens (tertiary/aromatic N) is 2. The van der Waals surface area contributed by atoms with Crippen molar-refractivity contribution in [2.45, 2.75) is 37.4 Å². The average molecular weight is 246 g/mol. The van der Waals surface area contributed by atoms with Gasteiger partial charge in [-0.05, 0) is 0 Å². The van der Waals surface area contributed by atoms with Crippen molar-refractivity contribution in [3.63, 3.8) is 0 Å². The predicted octanol–water partition coefficient (Wildman–Crippen LogP) is -2.11. The molecule has 0 radical (unpaired) electrons. The van der Waals surface area contributed by atoms with Crippen molar-refractivity contribution in [1.82, 2.24) is 10.2 Å². The molecule has 1 aliphatic heterocycles. The Hall–Kier alpha value is -1.06. The van der Waals surface area contributed by atoms with Crippen molar-refractivity contribution in [3.8, 4) is 0 Å². The van der Waals surface area contributed by atoms with Gasteiger partial charge in [0.05, 0.1) is 6.61 Å². The molecule has 0 unspecified atom stereocenters. The predicted molar refractivity (Wildman–Crippen MR) is 51.8 cm³/mol. The number of aryl methyl sites for hydroxylation is 1. The molecule has 1 aliphatic rings. The molecule has 1 aromatic rings. The van der Waals surface area contributed by atoms with Gasteiger partial charge in [0.25, 0.3) is 0 Å². The van der Waals surface area contributed by atoms with Crippen molar-refractivity contribution in [2.75, 3.05) is 6.61 Å². The number of ether oxygens (including phenoxy) is 1. The highest BCUT2D eigenvalue weighted by Crippen LogP contribution is 2.31. The fraction of sp³-hybridized carbons (Fsp3) is 0.778. The molecule has 5 atom stereocenters. The smallest absolute Gasteiger partial charge is 0.247 e. The first kappa shape index (κ1) is 12.4. The molecular weight excluding hydrogens is 232 g/mol. The van der Waals surface area contributed by atoms with Gasteiger partial charge in [0.2, 0.25) is 11.8 Å². The Morgan fingerprint density at radius 3 is 2.35 bits per heavy atom. The third-order valence-electron chi connectivity index (χ3n) is 2.68. The Bertz CT molecular complexity index is 381. The van der Waals surface area contributed by atoms with Gasteiger partial charge < -0.3 is 29.6 Å². The summed E-state index contributed by atoms with van der Waals surface area (Å²) < 4.78 is 10.3. The van der Waals surface area contributed by atoms with E-state index in [1.807, 2.05) is 0 Å². The first-order valence-electron chi connectivity index (χ1n) is 5.15. The topological polar surface area (TPSA) is 129 Å². The van der Waals surface area contributed by atoms with E-state index in [0.717, 1.165) is 0 Å². The van der Waals surface area contributed by atoms with Gasteiger partial charge in [0, 0.05) is 6.92 Å². The lowest BCUT2D eigenvalue weighted by Gasteiger charge is -2.38. The zero-order valence-corrected chi connectivity index (χ0v) is 9.09. The summed E-state index contributed by atoms with van der Waals surface area (Å²) in [5, 5.41) is 45.1. The third kappa shape index (κ3) is 2.17. The summed E-state index contributed by atoms with van der Waals surface area (Å²) >= 11 is 0. The SMILES string of the molecule is Cc1nnc([C@@H]2O[C@H](CO)[C@@H](O)[C@H](O)[C@H]2O)o1. The van der Waals surface area contributed by atoms with Crippen LogP contribution in [-0.2, 0) is 4.74 Å². The standard InChI is InChI=1S/C9H14N2O6/c1-3-10-11-9(16-3)8-7(15)6(14)5(13)4(2-12)17-8/h4-8,12-15H,2H2,1H3/t4-,5-,6+,7-,8-/m1/s1. The number of aliphatic hydroxyl groups excluding tert-OH is 4. The summed E-state index contributed by atoms with van der Waals surface area (Å²) in [6.07, 6.45) is -6.28. The molecule has 0 saturated carbocycles. The maximum Gasteiger partial charge on any atom is 0.247 e. The number of aromatic nitrogens is 2. The van der Waals surface area contributed by atoms with E-state index < -0.39 is 37.1 Å². The average Bonchev–Trinajstić information content (AvgIpc) is 2.73. The fourth-order valence-electron chi connectivity index (χ4n) is 1.73. The second kappa shape index (κ2) is 4.67. The molecule has 0 spiro atoms. The van der Waals surface area contributed by atoms with Crippen LogP contribution in [0.4, 0.5) is 0 Å². The highest BCUT2D eigenvalue weighted by atomic mass is 16.6. The van der Waals surface area contributed by atoms with Crippen LogP contribution in [-0.4, -0.2) is 61.6 Å². The van der Waals surface area contributed by atoms with E-state index in [2.05, 4.69) is 10.2 Å². The van der Waals surface area contributed by atoms with Crippen molar-refractivity contribution in [1.29, 1.82) is 0 Å².